The largest absolute Gasteiger partial charge is 1.00 e. The van der Waals surface area contributed by atoms with E-state index in [1.54, 1.807) is 6.07 Å². The molecule has 0 fully saturated rings. The molecule has 0 amide bonds. The van der Waals surface area contributed by atoms with Crippen molar-refractivity contribution in [3.05, 3.63) is 28.8 Å². The van der Waals surface area contributed by atoms with Gasteiger partial charge in [0.05, 0.1) is 0 Å². The Bertz CT molecular complexity index is 233. The minimum absolute atomic E-state index is 0. The molecule has 0 spiro atoms. The van der Waals surface area contributed by atoms with Crippen molar-refractivity contribution in [1.82, 2.24) is 0 Å². The first-order valence-corrected chi connectivity index (χ1v) is 3.36. The van der Waals surface area contributed by atoms with E-state index in [1.807, 2.05) is 26.8 Å². The van der Waals surface area contributed by atoms with Gasteiger partial charge in [-0.15, -0.1) is 5.75 Å². The predicted octanol–water partition coefficient (Wildman–Crippen LogP) is -1.31. The predicted molar refractivity (Wildman–Crippen MR) is 40.1 cm³/mol. The van der Waals surface area contributed by atoms with Crippen molar-refractivity contribution in [3.8, 4) is 5.75 Å². The second kappa shape index (κ2) is 4.63. The van der Waals surface area contributed by atoms with Gasteiger partial charge in [-0.2, -0.15) is 0 Å². The monoisotopic (exact) mass is 174 g/mol. The molecule has 0 radical (unpaired) electrons. The van der Waals surface area contributed by atoms with E-state index in [9.17, 15) is 5.11 Å². The normalized spacial score (nSPS) is 9.00. The minimum atomic E-state index is 0. The molecule has 0 aliphatic heterocycles. The molecule has 0 aliphatic rings. The maximum absolute atomic E-state index is 11.1. The molecule has 0 aliphatic carbocycles. The van der Waals surface area contributed by atoms with E-state index < -0.39 is 0 Å². The van der Waals surface area contributed by atoms with Gasteiger partial charge in [0.25, 0.3) is 0 Å². The van der Waals surface area contributed by atoms with Crippen molar-refractivity contribution < 1.29 is 56.5 Å². The van der Waals surface area contributed by atoms with Crippen molar-refractivity contribution in [1.29, 1.82) is 0 Å². The molecule has 1 nitrogen and oxygen atoms in total. The first kappa shape index (κ1) is 11.7. The van der Waals surface area contributed by atoms with E-state index in [4.69, 9.17) is 0 Å². The molecule has 0 heterocycles. The van der Waals surface area contributed by atoms with Crippen LogP contribution < -0.4 is 56.5 Å². The molecule has 1 aromatic carbocycles. The molecule has 1 rings (SSSR count). The molecule has 0 N–H and O–H groups in total. The minimum Gasteiger partial charge on any atom is -0.872 e. The maximum atomic E-state index is 11.1. The Labute approximate surface area is 110 Å². The van der Waals surface area contributed by atoms with Gasteiger partial charge in [0.2, 0.25) is 0 Å². The first-order valence-electron chi connectivity index (χ1n) is 3.36. The van der Waals surface area contributed by atoms with Gasteiger partial charge in [-0.3, -0.25) is 0 Å². The van der Waals surface area contributed by atoms with Gasteiger partial charge in [-0.1, -0.05) is 23.3 Å². The molecular weight excluding hydrogens is 163 g/mol. The van der Waals surface area contributed by atoms with Crippen LogP contribution in [0.15, 0.2) is 12.1 Å². The van der Waals surface area contributed by atoms with Crippen molar-refractivity contribution >= 4 is 0 Å². The van der Waals surface area contributed by atoms with Gasteiger partial charge in [0, 0.05) is 0 Å². The maximum Gasteiger partial charge on any atom is 1.00 e. The Morgan fingerprint density at radius 1 is 1.09 bits per heavy atom. The summed E-state index contributed by atoms with van der Waals surface area (Å²) in [7, 11) is 0. The number of rotatable bonds is 0. The molecule has 54 valence electrons. The van der Waals surface area contributed by atoms with Crippen LogP contribution >= 0.6 is 0 Å². The number of hydrogen-bond acceptors (Lipinski definition) is 1. The fourth-order valence-corrected chi connectivity index (χ4v) is 1.00. The van der Waals surface area contributed by atoms with Crippen LogP contribution in [0.3, 0.4) is 0 Å². The second-order valence-electron chi connectivity index (χ2n) is 2.70. The molecule has 0 bridgehead atoms. The fourth-order valence-electron chi connectivity index (χ4n) is 1.00. The third-order valence-electron chi connectivity index (χ3n) is 1.76. The molecule has 0 saturated carbocycles. The molecule has 2 heteroatoms. The number of hydrogen-bond donors (Lipinski definition) is 0. The first-order chi connectivity index (χ1) is 4.61. The van der Waals surface area contributed by atoms with Crippen LogP contribution in [0.4, 0.5) is 0 Å². The topological polar surface area (TPSA) is 23.1 Å². The fraction of sp³-hybridized carbons (Fsp3) is 0.333. The summed E-state index contributed by atoms with van der Waals surface area (Å²) in [6, 6.07) is 3.69. The molecule has 11 heavy (non-hydrogen) atoms. The van der Waals surface area contributed by atoms with Crippen LogP contribution in [-0.2, 0) is 0 Å². The van der Waals surface area contributed by atoms with E-state index in [2.05, 4.69) is 0 Å². The Kier molecular flexibility index (Phi) is 4.90. The Balaban J connectivity index is 0.000001000. The summed E-state index contributed by atoms with van der Waals surface area (Å²) in [5.41, 5.74) is 3.00. The van der Waals surface area contributed by atoms with Crippen LogP contribution in [0.2, 0.25) is 0 Å². The van der Waals surface area contributed by atoms with Crippen molar-refractivity contribution in [2.24, 2.45) is 0 Å². The van der Waals surface area contributed by atoms with E-state index in [1.165, 1.54) is 0 Å². The standard InChI is InChI=1S/C9H12O.K/c1-6-4-7(2)8(3)9(10)5-6;/h4-5,10H,1-3H3;/q;+1/p-1. The number of aryl methyl sites for hydroxylation is 2. The van der Waals surface area contributed by atoms with Crippen LogP contribution in [0.25, 0.3) is 0 Å². The average molecular weight is 174 g/mol. The van der Waals surface area contributed by atoms with Crippen molar-refractivity contribution in [2.45, 2.75) is 20.8 Å². The summed E-state index contributed by atoms with van der Waals surface area (Å²) in [6.45, 7) is 5.76. The third kappa shape index (κ3) is 2.88. The molecule has 0 saturated heterocycles. The summed E-state index contributed by atoms with van der Waals surface area (Å²) in [5.74, 6) is 0.150. The Hall–Kier alpha value is 0.656. The quantitative estimate of drug-likeness (QED) is 0.448. The van der Waals surface area contributed by atoms with Gasteiger partial charge >= 0.3 is 51.4 Å². The van der Waals surface area contributed by atoms with Crippen LogP contribution in [0.1, 0.15) is 16.7 Å². The molecule has 0 unspecified atom stereocenters. The third-order valence-corrected chi connectivity index (χ3v) is 1.76. The summed E-state index contributed by atoms with van der Waals surface area (Å²) in [4.78, 5) is 0. The Morgan fingerprint density at radius 2 is 1.64 bits per heavy atom. The zero-order chi connectivity index (χ0) is 7.72. The Morgan fingerprint density at radius 3 is 2.09 bits per heavy atom. The summed E-state index contributed by atoms with van der Waals surface area (Å²) in [5, 5.41) is 11.1. The van der Waals surface area contributed by atoms with Crippen LogP contribution in [0.5, 0.6) is 5.75 Å². The smallest absolute Gasteiger partial charge is 0.872 e. The van der Waals surface area contributed by atoms with Crippen LogP contribution in [-0.4, -0.2) is 0 Å². The van der Waals surface area contributed by atoms with Crippen LogP contribution in [0, 0.1) is 20.8 Å². The van der Waals surface area contributed by atoms with E-state index in [0.29, 0.717) is 0 Å². The second-order valence-corrected chi connectivity index (χ2v) is 2.70. The van der Waals surface area contributed by atoms with Gasteiger partial charge < -0.3 is 5.11 Å². The summed E-state index contributed by atoms with van der Waals surface area (Å²) >= 11 is 0. The molecular formula is C9H11KO. The van der Waals surface area contributed by atoms with E-state index in [-0.39, 0.29) is 57.1 Å². The van der Waals surface area contributed by atoms with Crippen molar-refractivity contribution in [3.63, 3.8) is 0 Å². The van der Waals surface area contributed by atoms with Gasteiger partial charge in [0.1, 0.15) is 0 Å². The van der Waals surface area contributed by atoms with Gasteiger partial charge in [-0.25, -0.2) is 0 Å². The van der Waals surface area contributed by atoms with Crippen molar-refractivity contribution in [2.75, 3.05) is 0 Å². The SMILES string of the molecule is Cc1cc(C)c(C)c([O-])c1.[K+]. The molecule has 0 aromatic heterocycles. The summed E-state index contributed by atoms with van der Waals surface area (Å²) in [6.07, 6.45) is 0. The number of benzene rings is 1. The molecule has 1 aromatic rings. The molecule has 0 atom stereocenters. The average Bonchev–Trinajstić information content (AvgIpc) is 1.82. The summed E-state index contributed by atoms with van der Waals surface area (Å²) < 4.78 is 0. The van der Waals surface area contributed by atoms with Gasteiger partial charge in [-0.05, 0) is 26.3 Å². The zero-order valence-corrected chi connectivity index (χ0v) is 10.7. The zero-order valence-electron chi connectivity index (χ0n) is 7.56. The van der Waals surface area contributed by atoms with E-state index in [0.717, 1.165) is 16.7 Å². The van der Waals surface area contributed by atoms with E-state index >= 15 is 0 Å². The van der Waals surface area contributed by atoms with Gasteiger partial charge in [0.15, 0.2) is 0 Å².